The first-order chi connectivity index (χ1) is 15.6. The fourth-order valence-corrected chi connectivity index (χ4v) is 4.19. The molecule has 1 aliphatic carbocycles. The summed E-state index contributed by atoms with van der Waals surface area (Å²) in [7, 11) is 3.20. The van der Waals surface area contributed by atoms with Crippen LogP contribution >= 0.6 is 11.6 Å². The van der Waals surface area contributed by atoms with Gasteiger partial charge in [0, 0.05) is 35.6 Å². The van der Waals surface area contributed by atoms with E-state index in [1.165, 1.54) is 0 Å². The maximum absolute atomic E-state index is 13.2. The van der Waals surface area contributed by atoms with E-state index in [9.17, 15) is 4.79 Å². The van der Waals surface area contributed by atoms with Crippen LogP contribution in [0.5, 0.6) is 11.5 Å². The van der Waals surface area contributed by atoms with Crippen LogP contribution in [0.4, 0.5) is 5.69 Å². The van der Waals surface area contributed by atoms with Crippen molar-refractivity contribution < 1.29 is 14.3 Å². The van der Waals surface area contributed by atoms with E-state index >= 15 is 0 Å². The van der Waals surface area contributed by atoms with Gasteiger partial charge in [-0.3, -0.25) is 9.78 Å². The van der Waals surface area contributed by atoms with Crippen LogP contribution in [0.25, 0.3) is 16.9 Å². The number of carbonyl (C=O) groups is 1. The second-order valence-electron chi connectivity index (χ2n) is 7.27. The van der Waals surface area contributed by atoms with Gasteiger partial charge in [0.2, 0.25) is 0 Å². The second kappa shape index (κ2) is 8.01. The molecule has 8 heteroatoms. The lowest BCUT2D eigenvalue weighted by Crippen LogP contribution is -2.15. The number of nitrogens with zero attached hydrogens (tertiary/aromatic N) is 3. The maximum Gasteiger partial charge on any atom is 0.276 e. The molecule has 4 aromatic rings. The first-order valence-electron chi connectivity index (χ1n) is 9.94. The Labute approximate surface area is 189 Å². The number of methoxy groups -OCH3 is 2. The summed E-state index contributed by atoms with van der Waals surface area (Å²) in [6.07, 6.45) is 3.78. The topological polar surface area (TPSA) is 78.3 Å². The van der Waals surface area contributed by atoms with Crippen molar-refractivity contribution in [2.24, 2.45) is 0 Å². The highest BCUT2D eigenvalue weighted by Gasteiger charge is 2.33. The molecule has 160 valence electrons. The van der Waals surface area contributed by atoms with Crippen molar-refractivity contribution in [2.45, 2.75) is 6.42 Å². The van der Waals surface area contributed by atoms with E-state index in [1.54, 1.807) is 49.5 Å². The molecule has 7 nitrogen and oxygen atoms in total. The van der Waals surface area contributed by atoms with Gasteiger partial charge in [0.15, 0.2) is 17.2 Å². The number of carbonyl (C=O) groups excluding carboxylic acids is 1. The predicted molar refractivity (Wildman–Crippen MR) is 122 cm³/mol. The molecule has 0 aliphatic heterocycles. The molecule has 0 bridgehead atoms. The number of rotatable bonds is 5. The van der Waals surface area contributed by atoms with Gasteiger partial charge in [-0.1, -0.05) is 23.7 Å². The molecule has 2 aromatic heterocycles. The SMILES string of the molecule is COc1cc2c(cc1OC)-c1c(c(C(=O)Nc3ccncc3)nn1-c1ccccc1Cl)C2. The van der Waals surface area contributed by atoms with Crippen LogP contribution in [0.2, 0.25) is 5.02 Å². The molecule has 1 amide bonds. The lowest BCUT2D eigenvalue weighted by molar-refractivity contribution is 0.102. The smallest absolute Gasteiger partial charge is 0.276 e. The van der Waals surface area contributed by atoms with Crippen LogP contribution in [0.1, 0.15) is 21.6 Å². The number of benzene rings is 2. The number of ether oxygens (including phenoxy) is 2. The van der Waals surface area contributed by atoms with E-state index in [4.69, 9.17) is 21.1 Å². The van der Waals surface area contributed by atoms with Gasteiger partial charge in [-0.25, -0.2) is 4.68 Å². The van der Waals surface area contributed by atoms with E-state index in [2.05, 4.69) is 15.4 Å². The molecular formula is C24H19ClN4O3. The van der Waals surface area contributed by atoms with Crippen molar-refractivity contribution in [1.82, 2.24) is 14.8 Å². The molecule has 1 aliphatic rings. The van der Waals surface area contributed by atoms with E-state index in [0.717, 1.165) is 22.4 Å². The summed E-state index contributed by atoms with van der Waals surface area (Å²) in [5, 5.41) is 8.13. The number of aromatic nitrogens is 3. The zero-order chi connectivity index (χ0) is 22.2. The third-order valence-corrected chi connectivity index (χ3v) is 5.77. The van der Waals surface area contributed by atoms with Gasteiger partial charge in [-0.05, 0) is 42.0 Å². The third-order valence-electron chi connectivity index (χ3n) is 5.45. The largest absolute Gasteiger partial charge is 0.493 e. The first kappa shape index (κ1) is 20.1. The molecule has 0 spiro atoms. The molecule has 0 unspecified atom stereocenters. The molecule has 0 saturated heterocycles. The maximum atomic E-state index is 13.2. The van der Waals surface area contributed by atoms with E-state index in [1.807, 2.05) is 30.3 Å². The molecule has 0 atom stereocenters. The molecule has 0 radical (unpaired) electrons. The van der Waals surface area contributed by atoms with Crippen molar-refractivity contribution in [3.63, 3.8) is 0 Å². The van der Waals surface area contributed by atoms with Crippen molar-refractivity contribution >= 4 is 23.2 Å². The van der Waals surface area contributed by atoms with Crippen LogP contribution in [0.15, 0.2) is 60.9 Å². The molecule has 0 saturated carbocycles. The molecule has 2 heterocycles. The number of hydrogen-bond acceptors (Lipinski definition) is 5. The average Bonchev–Trinajstić information content (AvgIpc) is 3.36. The Morgan fingerprint density at radius 1 is 1.06 bits per heavy atom. The lowest BCUT2D eigenvalue weighted by Gasteiger charge is -2.13. The molecule has 32 heavy (non-hydrogen) atoms. The Kier molecular flexibility index (Phi) is 5.03. The monoisotopic (exact) mass is 446 g/mol. The minimum absolute atomic E-state index is 0.301. The minimum Gasteiger partial charge on any atom is -0.493 e. The summed E-state index contributed by atoms with van der Waals surface area (Å²) < 4.78 is 12.7. The fraction of sp³-hybridized carbons (Fsp3) is 0.125. The quantitative estimate of drug-likeness (QED) is 0.421. The van der Waals surface area contributed by atoms with Gasteiger partial charge in [0.1, 0.15) is 0 Å². The van der Waals surface area contributed by atoms with Crippen LogP contribution in [0.3, 0.4) is 0 Å². The number of nitrogens with one attached hydrogen (secondary N) is 1. The van der Waals surface area contributed by atoms with Crippen molar-refractivity contribution in [3.05, 3.63) is 82.8 Å². The van der Waals surface area contributed by atoms with Crippen molar-refractivity contribution in [3.8, 4) is 28.4 Å². The number of pyridine rings is 1. The van der Waals surface area contributed by atoms with Gasteiger partial charge in [0.05, 0.1) is 30.6 Å². The Bertz CT molecular complexity index is 1330. The lowest BCUT2D eigenvalue weighted by atomic mass is 10.1. The zero-order valence-corrected chi connectivity index (χ0v) is 18.2. The molecular weight excluding hydrogens is 428 g/mol. The number of para-hydroxylation sites is 1. The van der Waals surface area contributed by atoms with E-state index in [0.29, 0.717) is 40.0 Å². The minimum atomic E-state index is -0.301. The highest BCUT2D eigenvalue weighted by Crippen LogP contribution is 2.45. The van der Waals surface area contributed by atoms with Gasteiger partial charge in [-0.2, -0.15) is 5.10 Å². The Morgan fingerprint density at radius 2 is 1.78 bits per heavy atom. The summed E-state index contributed by atoms with van der Waals surface area (Å²) in [5.41, 5.74) is 5.25. The number of hydrogen-bond donors (Lipinski definition) is 1. The number of halogens is 1. The molecule has 0 fully saturated rings. The van der Waals surface area contributed by atoms with E-state index in [-0.39, 0.29) is 5.91 Å². The van der Waals surface area contributed by atoms with Crippen LogP contribution < -0.4 is 14.8 Å². The van der Waals surface area contributed by atoms with E-state index < -0.39 is 0 Å². The molecule has 5 rings (SSSR count). The number of amides is 1. The van der Waals surface area contributed by atoms with Crippen LogP contribution in [-0.4, -0.2) is 34.9 Å². The Morgan fingerprint density at radius 3 is 2.50 bits per heavy atom. The normalized spacial score (nSPS) is 11.6. The van der Waals surface area contributed by atoms with Crippen molar-refractivity contribution in [2.75, 3.05) is 19.5 Å². The summed E-state index contributed by atoms with van der Waals surface area (Å²) in [6, 6.07) is 14.7. The van der Waals surface area contributed by atoms with Crippen LogP contribution in [0, 0.1) is 0 Å². The van der Waals surface area contributed by atoms with Gasteiger partial charge >= 0.3 is 0 Å². The third kappa shape index (κ3) is 3.27. The van der Waals surface area contributed by atoms with Crippen LogP contribution in [-0.2, 0) is 6.42 Å². The highest BCUT2D eigenvalue weighted by molar-refractivity contribution is 6.32. The second-order valence-corrected chi connectivity index (χ2v) is 7.68. The molecule has 2 aromatic carbocycles. The standard InChI is InChI=1S/C24H19ClN4O3/c1-31-20-12-14-11-17-22(24(30)27-15-7-9-26-10-8-15)28-29(19-6-4-3-5-18(19)25)23(17)16(14)13-21(20)32-2/h3-10,12-13H,11H2,1-2H3,(H,26,27,30). The Hall–Kier alpha value is -3.84. The summed E-state index contributed by atoms with van der Waals surface area (Å²) >= 11 is 6.50. The summed E-state index contributed by atoms with van der Waals surface area (Å²) in [4.78, 5) is 17.2. The number of fused-ring (bicyclic) bond motifs is 3. The summed E-state index contributed by atoms with van der Waals surface area (Å²) in [6.45, 7) is 0. The summed E-state index contributed by atoms with van der Waals surface area (Å²) in [5.74, 6) is 0.940. The van der Waals surface area contributed by atoms with Gasteiger partial charge in [0.25, 0.3) is 5.91 Å². The van der Waals surface area contributed by atoms with Gasteiger partial charge < -0.3 is 14.8 Å². The van der Waals surface area contributed by atoms with Gasteiger partial charge in [-0.15, -0.1) is 0 Å². The Balaban J connectivity index is 1.69. The predicted octanol–water partition coefficient (Wildman–Crippen LogP) is 4.76. The van der Waals surface area contributed by atoms with Crippen molar-refractivity contribution in [1.29, 1.82) is 0 Å². The first-order valence-corrected chi connectivity index (χ1v) is 10.3. The highest BCUT2D eigenvalue weighted by atomic mass is 35.5. The average molecular weight is 447 g/mol. The number of anilines is 1. The molecule has 1 N–H and O–H groups in total. The zero-order valence-electron chi connectivity index (χ0n) is 17.4. The fourth-order valence-electron chi connectivity index (χ4n) is 3.98.